The third kappa shape index (κ3) is 4.39. The van der Waals surface area contributed by atoms with E-state index in [0.29, 0.717) is 0 Å². The van der Waals surface area contributed by atoms with Gasteiger partial charge in [-0.1, -0.05) is 60.7 Å². The highest BCUT2D eigenvalue weighted by Crippen LogP contribution is 2.21. The van der Waals surface area contributed by atoms with E-state index in [1.54, 1.807) is 0 Å². The Bertz CT molecular complexity index is 763. The third-order valence-electron chi connectivity index (χ3n) is 3.76. The van der Waals surface area contributed by atoms with Gasteiger partial charge in [0.2, 0.25) is 0 Å². The molecule has 0 saturated carbocycles. The largest absolute Gasteiger partial charge is 0.491 e. The molecule has 0 saturated heterocycles. The van der Waals surface area contributed by atoms with Crippen molar-refractivity contribution in [2.24, 2.45) is 0 Å². The molecular weight excluding hydrogens is 294 g/mol. The molecule has 0 spiro atoms. The first-order chi connectivity index (χ1) is 11.7. The summed E-state index contributed by atoms with van der Waals surface area (Å²) in [6.45, 7) is 4.86. The lowest BCUT2D eigenvalue weighted by molar-refractivity contribution is 0.242. The van der Waals surface area contributed by atoms with Crippen LogP contribution in [0.15, 0.2) is 78.9 Å². The lowest BCUT2D eigenvalue weighted by Gasteiger charge is -2.12. The summed E-state index contributed by atoms with van der Waals surface area (Å²) >= 11 is 0. The molecule has 2 heteroatoms. The van der Waals surface area contributed by atoms with Crippen molar-refractivity contribution in [2.45, 2.75) is 26.5 Å². The predicted molar refractivity (Wildman–Crippen MR) is 101 cm³/mol. The van der Waals surface area contributed by atoms with E-state index in [1.165, 1.54) is 16.7 Å². The van der Waals surface area contributed by atoms with Crippen LogP contribution >= 0.6 is 0 Å². The van der Waals surface area contributed by atoms with Crippen LogP contribution in [-0.2, 0) is 6.54 Å². The van der Waals surface area contributed by atoms with E-state index in [-0.39, 0.29) is 6.10 Å². The zero-order valence-corrected chi connectivity index (χ0v) is 14.2. The number of ether oxygens (including phenoxy) is 1. The summed E-state index contributed by atoms with van der Waals surface area (Å²) in [5.41, 5.74) is 4.81. The van der Waals surface area contributed by atoms with Crippen LogP contribution in [0.25, 0.3) is 11.1 Å². The summed E-state index contributed by atoms with van der Waals surface area (Å²) in [6, 6.07) is 27.2. The normalized spacial score (nSPS) is 10.6. The van der Waals surface area contributed by atoms with Gasteiger partial charge in [0.25, 0.3) is 0 Å². The lowest BCUT2D eigenvalue weighted by atomic mass is 10.0. The molecular formula is C22H23NO. The topological polar surface area (TPSA) is 21.3 Å². The smallest absolute Gasteiger partial charge is 0.121 e. The second kappa shape index (κ2) is 7.69. The maximum Gasteiger partial charge on any atom is 0.121 e. The molecule has 0 aliphatic rings. The van der Waals surface area contributed by atoms with Crippen molar-refractivity contribution in [1.82, 2.24) is 0 Å². The predicted octanol–water partition coefficient (Wildman–Crippen LogP) is 5.75. The van der Waals surface area contributed by atoms with Gasteiger partial charge >= 0.3 is 0 Å². The minimum absolute atomic E-state index is 0.186. The van der Waals surface area contributed by atoms with Crippen molar-refractivity contribution in [1.29, 1.82) is 0 Å². The van der Waals surface area contributed by atoms with Crippen LogP contribution in [-0.4, -0.2) is 6.10 Å². The minimum Gasteiger partial charge on any atom is -0.491 e. The average molecular weight is 317 g/mol. The molecule has 0 aromatic heterocycles. The Balaban J connectivity index is 1.63. The fourth-order valence-corrected chi connectivity index (χ4v) is 2.60. The first kappa shape index (κ1) is 16.1. The minimum atomic E-state index is 0.186. The van der Waals surface area contributed by atoms with E-state index in [0.717, 1.165) is 18.0 Å². The number of hydrogen-bond acceptors (Lipinski definition) is 2. The molecule has 3 aromatic carbocycles. The molecule has 0 unspecified atom stereocenters. The van der Waals surface area contributed by atoms with Gasteiger partial charge in [0.15, 0.2) is 0 Å². The van der Waals surface area contributed by atoms with E-state index in [2.05, 4.69) is 59.9 Å². The van der Waals surface area contributed by atoms with Crippen LogP contribution in [0.3, 0.4) is 0 Å². The molecule has 1 N–H and O–H groups in total. The maximum absolute atomic E-state index is 5.73. The van der Waals surface area contributed by atoms with Gasteiger partial charge in [-0.05, 0) is 42.7 Å². The van der Waals surface area contributed by atoms with E-state index in [4.69, 9.17) is 4.74 Å². The Kier molecular flexibility index (Phi) is 5.17. The summed E-state index contributed by atoms with van der Waals surface area (Å²) in [5.74, 6) is 0.898. The van der Waals surface area contributed by atoms with Crippen molar-refractivity contribution in [3.05, 3.63) is 84.4 Å². The fourth-order valence-electron chi connectivity index (χ4n) is 2.60. The Hall–Kier alpha value is -2.74. The van der Waals surface area contributed by atoms with Gasteiger partial charge in [-0.2, -0.15) is 0 Å². The highest BCUT2D eigenvalue weighted by atomic mass is 16.5. The van der Waals surface area contributed by atoms with Gasteiger partial charge in [0.05, 0.1) is 6.10 Å². The van der Waals surface area contributed by atoms with E-state index < -0.39 is 0 Å². The summed E-state index contributed by atoms with van der Waals surface area (Å²) in [6.07, 6.45) is 0.186. The molecule has 122 valence electrons. The molecule has 0 radical (unpaired) electrons. The van der Waals surface area contributed by atoms with Crippen LogP contribution in [0.5, 0.6) is 5.75 Å². The molecule has 0 fully saturated rings. The fraction of sp³-hybridized carbons (Fsp3) is 0.182. The van der Waals surface area contributed by atoms with E-state index >= 15 is 0 Å². The zero-order chi connectivity index (χ0) is 16.8. The molecule has 0 amide bonds. The van der Waals surface area contributed by atoms with Crippen LogP contribution in [0.2, 0.25) is 0 Å². The number of anilines is 1. The molecule has 0 aliphatic heterocycles. The van der Waals surface area contributed by atoms with E-state index in [9.17, 15) is 0 Å². The van der Waals surface area contributed by atoms with Gasteiger partial charge in [0.1, 0.15) is 5.75 Å². The molecule has 0 heterocycles. The molecule has 0 bridgehead atoms. The number of nitrogens with one attached hydrogen (secondary N) is 1. The Morgan fingerprint density at radius 2 is 1.50 bits per heavy atom. The van der Waals surface area contributed by atoms with Gasteiger partial charge in [-0.15, -0.1) is 0 Å². The summed E-state index contributed by atoms with van der Waals surface area (Å²) in [4.78, 5) is 0. The Labute approximate surface area is 144 Å². The monoisotopic (exact) mass is 317 g/mol. The first-order valence-corrected chi connectivity index (χ1v) is 8.36. The van der Waals surface area contributed by atoms with Gasteiger partial charge in [-0.3, -0.25) is 0 Å². The van der Waals surface area contributed by atoms with Crippen molar-refractivity contribution in [3.63, 3.8) is 0 Å². The highest BCUT2D eigenvalue weighted by Gasteiger charge is 2.01. The zero-order valence-electron chi connectivity index (χ0n) is 14.2. The van der Waals surface area contributed by atoms with Gasteiger partial charge < -0.3 is 10.1 Å². The summed E-state index contributed by atoms with van der Waals surface area (Å²) in [5, 5.41) is 3.45. The number of rotatable bonds is 6. The Morgan fingerprint density at radius 1 is 0.792 bits per heavy atom. The van der Waals surface area contributed by atoms with Crippen molar-refractivity contribution in [3.8, 4) is 16.9 Å². The maximum atomic E-state index is 5.73. The van der Waals surface area contributed by atoms with Gasteiger partial charge in [-0.25, -0.2) is 0 Å². The van der Waals surface area contributed by atoms with Crippen LogP contribution in [0.4, 0.5) is 5.69 Å². The SMILES string of the molecule is CC(C)Oc1cccc(NCc2ccc(-c3ccccc3)cc2)c1. The second-order valence-corrected chi connectivity index (χ2v) is 6.11. The number of benzene rings is 3. The van der Waals surface area contributed by atoms with Crippen LogP contribution in [0, 0.1) is 0 Å². The molecule has 0 atom stereocenters. The third-order valence-corrected chi connectivity index (χ3v) is 3.76. The lowest BCUT2D eigenvalue weighted by Crippen LogP contribution is -2.06. The molecule has 0 aliphatic carbocycles. The number of hydrogen-bond donors (Lipinski definition) is 1. The Morgan fingerprint density at radius 3 is 2.21 bits per heavy atom. The molecule has 3 aromatic rings. The molecule has 24 heavy (non-hydrogen) atoms. The second-order valence-electron chi connectivity index (χ2n) is 6.11. The van der Waals surface area contributed by atoms with E-state index in [1.807, 2.05) is 38.1 Å². The first-order valence-electron chi connectivity index (χ1n) is 8.36. The summed E-state index contributed by atoms with van der Waals surface area (Å²) < 4.78 is 5.73. The van der Waals surface area contributed by atoms with Crippen LogP contribution in [0.1, 0.15) is 19.4 Å². The quantitative estimate of drug-likeness (QED) is 0.624. The van der Waals surface area contributed by atoms with Crippen molar-refractivity contribution < 1.29 is 4.74 Å². The van der Waals surface area contributed by atoms with Gasteiger partial charge in [0, 0.05) is 18.3 Å². The average Bonchev–Trinajstić information content (AvgIpc) is 2.61. The summed E-state index contributed by atoms with van der Waals surface area (Å²) in [7, 11) is 0. The standard InChI is InChI=1S/C22H23NO/c1-17(2)24-22-10-6-9-21(15-22)23-16-18-11-13-20(14-12-18)19-7-4-3-5-8-19/h3-15,17,23H,16H2,1-2H3. The molecule has 3 rings (SSSR count). The molecule has 2 nitrogen and oxygen atoms in total. The van der Waals surface area contributed by atoms with Crippen molar-refractivity contribution >= 4 is 5.69 Å². The highest BCUT2D eigenvalue weighted by molar-refractivity contribution is 5.63. The van der Waals surface area contributed by atoms with Crippen molar-refractivity contribution in [2.75, 3.05) is 5.32 Å². The van der Waals surface area contributed by atoms with Crippen LogP contribution < -0.4 is 10.1 Å².